The Bertz CT molecular complexity index is 1060. The van der Waals surface area contributed by atoms with Crippen LogP contribution in [0.5, 0.6) is 5.75 Å². The maximum Gasteiger partial charge on any atom is 0.157 e. The molecule has 0 radical (unpaired) electrons. The van der Waals surface area contributed by atoms with E-state index in [1.54, 1.807) is 24.5 Å². The molecule has 4 rings (SSSR count). The highest BCUT2D eigenvalue weighted by molar-refractivity contribution is 7.78. The van der Waals surface area contributed by atoms with Crippen molar-refractivity contribution in [2.75, 3.05) is 0 Å². The lowest BCUT2D eigenvalue weighted by molar-refractivity contribution is -0.108. The van der Waals surface area contributed by atoms with Crippen molar-refractivity contribution in [2.24, 2.45) is 0 Å². The Morgan fingerprint density at radius 2 is 1.71 bits per heavy atom. The maximum atomic E-state index is 12.1. The van der Waals surface area contributed by atoms with Gasteiger partial charge in [-0.15, -0.1) is 0 Å². The average Bonchev–Trinajstić information content (AvgIpc) is 2.73. The third kappa shape index (κ3) is 3.52. The molecular weight excluding hydrogens is 374 g/mol. The van der Waals surface area contributed by atoms with Gasteiger partial charge in [0.2, 0.25) is 0 Å². The van der Waals surface area contributed by atoms with Gasteiger partial charge in [0.25, 0.3) is 0 Å². The lowest BCUT2D eigenvalue weighted by Gasteiger charge is -2.28. The summed E-state index contributed by atoms with van der Waals surface area (Å²) >= 11 is -1.90. The SMILES string of the molecule is O=CC1C(c2ccncc2)=C(c2ccc(CS(=O)O)cc2)Oc2ccccc21. The first-order chi connectivity index (χ1) is 13.7. The third-order valence-electron chi connectivity index (χ3n) is 4.66. The minimum Gasteiger partial charge on any atom is -0.456 e. The number of hydrogen-bond acceptors (Lipinski definition) is 4. The second kappa shape index (κ2) is 7.88. The summed E-state index contributed by atoms with van der Waals surface area (Å²) in [5.41, 5.74) is 3.99. The zero-order valence-electron chi connectivity index (χ0n) is 14.8. The number of rotatable bonds is 5. The summed E-state index contributed by atoms with van der Waals surface area (Å²) < 4.78 is 26.4. The number of ether oxygens (including phenoxy) is 1. The fourth-order valence-corrected chi connectivity index (χ4v) is 3.86. The highest BCUT2D eigenvalue weighted by Gasteiger charge is 2.31. The Hall–Kier alpha value is -3.09. The Morgan fingerprint density at radius 3 is 2.39 bits per heavy atom. The molecule has 2 heterocycles. The van der Waals surface area contributed by atoms with Gasteiger partial charge in [-0.05, 0) is 29.3 Å². The van der Waals surface area contributed by atoms with Crippen LogP contribution in [0.4, 0.5) is 0 Å². The monoisotopic (exact) mass is 391 g/mol. The van der Waals surface area contributed by atoms with Gasteiger partial charge in [-0.1, -0.05) is 42.5 Å². The number of nitrogens with zero attached hydrogens (tertiary/aromatic N) is 1. The van der Waals surface area contributed by atoms with Crippen LogP contribution in [0.25, 0.3) is 11.3 Å². The predicted octanol–water partition coefficient (Wildman–Crippen LogP) is 4.05. The van der Waals surface area contributed by atoms with Crippen molar-refractivity contribution in [2.45, 2.75) is 11.7 Å². The molecule has 3 aromatic rings. The second-order valence-corrected chi connectivity index (χ2v) is 7.33. The van der Waals surface area contributed by atoms with Crippen molar-refractivity contribution < 1.29 is 18.3 Å². The van der Waals surface area contributed by atoms with Crippen LogP contribution < -0.4 is 4.74 Å². The van der Waals surface area contributed by atoms with Crippen LogP contribution in [0.15, 0.2) is 73.1 Å². The van der Waals surface area contributed by atoms with Crippen LogP contribution in [0.3, 0.4) is 0 Å². The van der Waals surface area contributed by atoms with E-state index in [0.29, 0.717) is 11.5 Å². The number of carbonyl (C=O) groups excluding carboxylic acids is 1. The van der Waals surface area contributed by atoms with Crippen LogP contribution in [-0.4, -0.2) is 20.0 Å². The van der Waals surface area contributed by atoms with E-state index in [1.807, 2.05) is 48.5 Å². The Morgan fingerprint density at radius 1 is 1.00 bits per heavy atom. The van der Waals surface area contributed by atoms with E-state index in [9.17, 15) is 9.00 Å². The van der Waals surface area contributed by atoms with Gasteiger partial charge in [0.15, 0.2) is 11.1 Å². The normalized spacial score (nSPS) is 16.8. The molecule has 0 saturated heterocycles. The summed E-state index contributed by atoms with van der Waals surface area (Å²) in [6, 6.07) is 18.5. The molecule has 1 aromatic heterocycles. The van der Waals surface area contributed by atoms with E-state index in [0.717, 1.165) is 34.1 Å². The Kier molecular flexibility index (Phi) is 5.14. The van der Waals surface area contributed by atoms with Crippen LogP contribution in [0, 0.1) is 0 Å². The van der Waals surface area contributed by atoms with Crippen molar-refractivity contribution >= 4 is 28.7 Å². The number of hydrogen-bond donors (Lipinski definition) is 1. The van der Waals surface area contributed by atoms with Gasteiger partial charge in [0, 0.05) is 29.1 Å². The number of fused-ring (bicyclic) bond motifs is 1. The van der Waals surface area contributed by atoms with Gasteiger partial charge >= 0.3 is 0 Å². The van der Waals surface area contributed by atoms with Crippen molar-refractivity contribution in [3.63, 3.8) is 0 Å². The third-order valence-corrected chi connectivity index (χ3v) is 5.24. The van der Waals surface area contributed by atoms with Crippen molar-refractivity contribution in [1.29, 1.82) is 0 Å². The average molecular weight is 391 g/mol. The topological polar surface area (TPSA) is 76.5 Å². The molecule has 28 heavy (non-hydrogen) atoms. The molecule has 0 bridgehead atoms. The van der Waals surface area contributed by atoms with E-state index in [4.69, 9.17) is 9.29 Å². The summed E-state index contributed by atoms with van der Waals surface area (Å²) in [5, 5.41) is 0. The fraction of sp³-hybridized carbons (Fsp3) is 0.0909. The fourth-order valence-electron chi connectivity index (χ4n) is 3.38. The summed E-state index contributed by atoms with van der Waals surface area (Å²) in [5.74, 6) is 0.843. The summed E-state index contributed by atoms with van der Waals surface area (Å²) in [6.07, 6.45) is 4.30. The molecule has 0 aliphatic carbocycles. The summed E-state index contributed by atoms with van der Waals surface area (Å²) in [4.78, 5) is 16.2. The molecule has 0 amide bonds. The van der Waals surface area contributed by atoms with Crippen molar-refractivity contribution in [1.82, 2.24) is 4.98 Å². The molecule has 1 N–H and O–H groups in total. The minimum atomic E-state index is -1.90. The highest BCUT2D eigenvalue weighted by Crippen LogP contribution is 2.45. The number of carbonyl (C=O) groups is 1. The van der Waals surface area contributed by atoms with Crippen LogP contribution in [-0.2, 0) is 21.6 Å². The number of benzene rings is 2. The number of allylic oxidation sites excluding steroid dienone is 1. The highest BCUT2D eigenvalue weighted by atomic mass is 32.2. The molecule has 2 aromatic carbocycles. The minimum absolute atomic E-state index is 0.0667. The molecule has 140 valence electrons. The molecule has 1 aliphatic rings. The number of para-hydroxylation sites is 1. The van der Waals surface area contributed by atoms with Gasteiger partial charge in [-0.25, -0.2) is 4.21 Å². The largest absolute Gasteiger partial charge is 0.456 e. The summed E-state index contributed by atoms with van der Waals surface area (Å²) in [7, 11) is 0. The molecule has 0 saturated carbocycles. The molecule has 2 atom stereocenters. The smallest absolute Gasteiger partial charge is 0.157 e. The molecule has 2 unspecified atom stereocenters. The molecule has 6 heteroatoms. The zero-order valence-corrected chi connectivity index (χ0v) is 15.6. The van der Waals surface area contributed by atoms with E-state index in [2.05, 4.69) is 4.98 Å². The Labute approximate surface area is 165 Å². The first kappa shape index (κ1) is 18.3. The first-order valence-corrected chi connectivity index (χ1v) is 9.98. The van der Waals surface area contributed by atoms with Crippen molar-refractivity contribution in [3.8, 4) is 5.75 Å². The van der Waals surface area contributed by atoms with Gasteiger partial charge < -0.3 is 14.1 Å². The number of aromatic nitrogens is 1. The maximum absolute atomic E-state index is 12.1. The quantitative estimate of drug-likeness (QED) is 0.525. The molecule has 1 aliphatic heterocycles. The van der Waals surface area contributed by atoms with Gasteiger partial charge in [-0.2, -0.15) is 0 Å². The Balaban J connectivity index is 1.88. The first-order valence-electron chi connectivity index (χ1n) is 8.71. The molecule has 0 fully saturated rings. The van der Waals surface area contributed by atoms with Crippen molar-refractivity contribution in [3.05, 3.63) is 95.3 Å². The van der Waals surface area contributed by atoms with E-state index < -0.39 is 17.0 Å². The molecular formula is C22H17NO4S. The molecule has 5 nitrogen and oxygen atoms in total. The van der Waals surface area contributed by atoms with E-state index >= 15 is 0 Å². The second-order valence-electron chi connectivity index (χ2n) is 6.40. The number of pyridine rings is 1. The number of aldehydes is 1. The van der Waals surface area contributed by atoms with Crippen LogP contribution in [0.1, 0.15) is 28.2 Å². The van der Waals surface area contributed by atoms with E-state index in [-0.39, 0.29) is 5.75 Å². The predicted molar refractivity (Wildman–Crippen MR) is 108 cm³/mol. The zero-order chi connectivity index (χ0) is 19.5. The standard InChI is InChI=1S/C22H17NO4S/c24-13-19-18-3-1-2-4-20(18)27-22(21(19)16-9-11-23-12-10-16)17-7-5-15(6-8-17)14-28(25)26/h1-13,19H,14H2,(H,25,26). The lowest BCUT2D eigenvalue weighted by Crippen LogP contribution is -2.15. The lowest BCUT2D eigenvalue weighted by atomic mass is 9.83. The van der Waals surface area contributed by atoms with Gasteiger partial charge in [0.1, 0.15) is 17.8 Å². The van der Waals surface area contributed by atoms with E-state index in [1.165, 1.54) is 0 Å². The van der Waals surface area contributed by atoms with Crippen LogP contribution >= 0.6 is 0 Å². The van der Waals surface area contributed by atoms with Gasteiger partial charge in [-0.3, -0.25) is 4.98 Å². The van der Waals surface area contributed by atoms with Crippen LogP contribution in [0.2, 0.25) is 0 Å². The molecule has 0 spiro atoms. The summed E-state index contributed by atoms with van der Waals surface area (Å²) in [6.45, 7) is 0. The van der Waals surface area contributed by atoms with Gasteiger partial charge in [0.05, 0.1) is 11.7 Å².